The molecule has 1 atom stereocenters. The van der Waals surface area contributed by atoms with E-state index in [2.05, 4.69) is 25.8 Å². The van der Waals surface area contributed by atoms with Crippen LogP contribution in [0.1, 0.15) is 54.6 Å². The number of ketones is 1. The zero-order valence-electron chi connectivity index (χ0n) is 20.7. The van der Waals surface area contributed by atoms with Gasteiger partial charge in [0.05, 0.1) is 18.7 Å². The number of hydrogen-bond donors (Lipinski definition) is 1. The van der Waals surface area contributed by atoms with E-state index in [-0.39, 0.29) is 23.3 Å². The summed E-state index contributed by atoms with van der Waals surface area (Å²) in [7, 11) is 1.58. The van der Waals surface area contributed by atoms with E-state index in [9.17, 15) is 14.7 Å². The number of aryl methyl sites for hydroxylation is 1. The van der Waals surface area contributed by atoms with Crippen LogP contribution in [0.3, 0.4) is 0 Å². The summed E-state index contributed by atoms with van der Waals surface area (Å²) in [6.45, 7) is 8.44. The van der Waals surface area contributed by atoms with Crippen LogP contribution in [0.4, 0.5) is 0 Å². The van der Waals surface area contributed by atoms with Gasteiger partial charge in [-0.1, -0.05) is 51.1 Å². The number of carbonyl (C=O) groups is 2. The van der Waals surface area contributed by atoms with Gasteiger partial charge in [-0.25, -0.2) is 0 Å². The first kappa shape index (κ1) is 24.2. The number of rotatable bonds is 5. The molecule has 1 aliphatic heterocycles. The minimum absolute atomic E-state index is 0.0450. The molecule has 0 radical (unpaired) electrons. The van der Waals surface area contributed by atoms with Gasteiger partial charge in [0.15, 0.2) is 0 Å². The fourth-order valence-electron chi connectivity index (χ4n) is 4.42. The van der Waals surface area contributed by atoms with Crippen LogP contribution in [0, 0.1) is 6.92 Å². The number of ether oxygens (including phenoxy) is 1. The van der Waals surface area contributed by atoms with Gasteiger partial charge in [0.1, 0.15) is 11.5 Å². The molecule has 0 bridgehead atoms. The third-order valence-corrected chi connectivity index (χ3v) is 6.38. The number of likely N-dealkylation sites (tertiary alicyclic amines) is 1. The van der Waals surface area contributed by atoms with Crippen molar-refractivity contribution in [2.24, 2.45) is 0 Å². The Morgan fingerprint density at radius 3 is 2.37 bits per heavy atom. The van der Waals surface area contributed by atoms with Gasteiger partial charge >= 0.3 is 0 Å². The van der Waals surface area contributed by atoms with Crippen LogP contribution in [0.15, 0.2) is 72.6 Å². The van der Waals surface area contributed by atoms with Crippen LogP contribution in [0.25, 0.3) is 5.76 Å². The Hall–Kier alpha value is -3.93. The number of aliphatic hydroxyl groups excluding tert-OH is 1. The first-order valence-electron chi connectivity index (χ1n) is 11.5. The maximum atomic E-state index is 13.3. The average Bonchev–Trinajstić information content (AvgIpc) is 3.08. The maximum Gasteiger partial charge on any atom is 0.295 e. The second kappa shape index (κ2) is 9.37. The summed E-state index contributed by atoms with van der Waals surface area (Å²) >= 11 is 0. The molecular weight excluding hydrogens is 440 g/mol. The van der Waals surface area contributed by atoms with Crippen molar-refractivity contribution in [2.75, 3.05) is 7.11 Å². The molecule has 1 aromatic heterocycles. The zero-order valence-corrected chi connectivity index (χ0v) is 20.7. The molecule has 0 aliphatic carbocycles. The molecule has 2 heterocycles. The molecule has 0 spiro atoms. The molecule has 1 fully saturated rings. The fourth-order valence-corrected chi connectivity index (χ4v) is 4.42. The molecular formula is C29H30N2O4. The number of methoxy groups -OCH3 is 1. The van der Waals surface area contributed by atoms with Crippen molar-refractivity contribution in [3.05, 3.63) is 100 Å². The summed E-state index contributed by atoms with van der Waals surface area (Å²) in [5.41, 5.74) is 3.99. The van der Waals surface area contributed by atoms with Gasteiger partial charge in [0.25, 0.3) is 11.7 Å². The summed E-state index contributed by atoms with van der Waals surface area (Å²) in [5.74, 6) is -0.879. The molecule has 0 unspecified atom stereocenters. The quantitative estimate of drug-likeness (QED) is 0.310. The lowest BCUT2D eigenvalue weighted by Crippen LogP contribution is -2.29. The number of nitrogens with zero attached hydrogens (tertiary/aromatic N) is 2. The van der Waals surface area contributed by atoms with E-state index in [1.165, 1.54) is 4.90 Å². The highest BCUT2D eigenvalue weighted by molar-refractivity contribution is 6.46. The molecule has 6 nitrogen and oxygen atoms in total. The van der Waals surface area contributed by atoms with Crippen molar-refractivity contribution < 1.29 is 19.4 Å². The van der Waals surface area contributed by atoms with Gasteiger partial charge in [0, 0.05) is 24.5 Å². The number of pyridine rings is 1. The second-order valence-electron chi connectivity index (χ2n) is 9.84. The van der Waals surface area contributed by atoms with E-state index >= 15 is 0 Å². The van der Waals surface area contributed by atoms with Crippen molar-refractivity contribution in [2.45, 2.75) is 45.7 Å². The number of Topliss-reactive ketones (excluding diaryl/α,β-unsaturated/α-hetero) is 1. The van der Waals surface area contributed by atoms with E-state index in [0.717, 1.165) is 22.3 Å². The Balaban J connectivity index is 1.86. The van der Waals surface area contributed by atoms with Crippen molar-refractivity contribution >= 4 is 17.4 Å². The van der Waals surface area contributed by atoms with Crippen molar-refractivity contribution in [3.8, 4) is 5.75 Å². The molecule has 4 rings (SSSR count). The zero-order chi connectivity index (χ0) is 25.3. The number of hydrogen-bond acceptors (Lipinski definition) is 5. The van der Waals surface area contributed by atoms with Gasteiger partial charge < -0.3 is 14.7 Å². The van der Waals surface area contributed by atoms with Crippen LogP contribution >= 0.6 is 0 Å². The molecule has 35 heavy (non-hydrogen) atoms. The van der Waals surface area contributed by atoms with Crippen molar-refractivity contribution in [1.82, 2.24) is 9.88 Å². The summed E-state index contributed by atoms with van der Waals surface area (Å²) < 4.78 is 5.32. The van der Waals surface area contributed by atoms with Gasteiger partial charge in [0.2, 0.25) is 0 Å². The van der Waals surface area contributed by atoms with E-state index < -0.39 is 17.7 Å². The van der Waals surface area contributed by atoms with Crippen LogP contribution in [-0.4, -0.2) is 33.8 Å². The first-order chi connectivity index (χ1) is 16.6. The third-order valence-electron chi connectivity index (χ3n) is 6.38. The molecule has 0 saturated carbocycles. The van der Waals surface area contributed by atoms with E-state index in [4.69, 9.17) is 4.74 Å². The molecule has 1 amide bonds. The highest BCUT2D eigenvalue weighted by Crippen LogP contribution is 2.41. The molecule has 1 aliphatic rings. The van der Waals surface area contributed by atoms with Gasteiger partial charge in [-0.3, -0.25) is 14.6 Å². The summed E-state index contributed by atoms with van der Waals surface area (Å²) in [6.07, 6.45) is 3.33. The molecule has 180 valence electrons. The fraction of sp³-hybridized carbons (Fsp3) is 0.276. The number of benzene rings is 2. The predicted octanol–water partition coefficient (Wildman–Crippen LogP) is 5.32. The SMILES string of the molecule is COc1ccc(C(O)=C2C(=O)C(=O)N(Cc3cccnc3)[C@@H]2c2ccc(C(C)(C)C)cc2)cc1C. The summed E-state index contributed by atoms with van der Waals surface area (Å²) in [4.78, 5) is 32.2. The van der Waals surface area contributed by atoms with Gasteiger partial charge in [-0.05, 0) is 58.9 Å². The maximum absolute atomic E-state index is 13.3. The Kier molecular flexibility index (Phi) is 6.48. The number of aliphatic hydroxyl groups is 1. The standard InChI is InChI=1S/C29H30N2O4/c1-18-15-21(10-13-23(18)35-5)26(32)24-25(20-8-11-22(12-9-20)29(2,3)4)31(28(34)27(24)33)17-19-7-6-14-30-16-19/h6-16,25,32H,17H2,1-5H3/t25-/m1/s1. The lowest BCUT2D eigenvalue weighted by molar-refractivity contribution is -0.140. The monoisotopic (exact) mass is 470 g/mol. The largest absolute Gasteiger partial charge is 0.507 e. The summed E-state index contributed by atoms with van der Waals surface area (Å²) in [5, 5.41) is 11.3. The molecule has 6 heteroatoms. The van der Waals surface area contributed by atoms with Gasteiger partial charge in [-0.15, -0.1) is 0 Å². The number of carbonyl (C=O) groups excluding carboxylic acids is 2. The summed E-state index contributed by atoms with van der Waals surface area (Å²) in [6, 6.07) is 16.0. The molecule has 1 N–H and O–H groups in total. The topological polar surface area (TPSA) is 79.7 Å². The number of amides is 1. The number of aromatic nitrogens is 1. The minimum atomic E-state index is -0.730. The highest BCUT2D eigenvalue weighted by atomic mass is 16.5. The van der Waals surface area contributed by atoms with Crippen LogP contribution in [0.5, 0.6) is 5.75 Å². The molecule has 1 saturated heterocycles. The first-order valence-corrected chi connectivity index (χ1v) is 11.5. The van der Waals surface area contributed by atoms with Crippen LogP contribution < -0.4 is 4.74 Å². The smallest absolute Gasteiger partial charge is 0.295 e. The lowest BCUT2D eigenvalue weighted by atomic mass is 9.85. The predicted molar refractivity (Wildman–Crippen MR) is 135 cm³/mol. The van der Waals surface area contributed by atoms with Gasteiger partial charge in [-0.2, -0.15) is 0 Å². The van der Waals surface area contributed by atoms with Crippen LogP contribution in [-0.2, 0) is 21.5 Å². The Labute approximate surface area is 205 Å². The van der Waals surface area contributed by atoms with Crippen LogP contribution in [0.2, 0.25) is 0 Å². The normalized spacial score (nSPS) is 17.6. The van der Waals surface area contributed by atoms with E-state index in [0.29, 0.717) is 11.3 Å². The second-order valence-corrected chi connectivity index (χ2v) is 9.84. The molecule has 2 aromatic carbocycles. The van der Waals surface area contributed by atoms with Crippen molar-refractivity contribution in [3.63, 3.8) is 0 Å². The minimum Gasteiger partial charge on any atom is -0.507 e. The van der Waals surface area contributed by atoms with Crippen molar-refractivity contribution in [1.29, 1.82) is 0 Å². The lowest BCUT2D eigenvalue weighted by Gasteiger charge is -2.26. The molecule has 3 aromatic rings. The Morgan fingerprint density at radius 2 is 1.80 bits per heavy atom. The Bertz CT molecular complexity index is 1290. The highest BCUT2D eigenvalue weighted by Gasteiger charge is 2.46. The Morgan fingerprint density at radius 1 is 1.09 bits per heavy atom. The average molecular weight is 471 g/mol. The third kappa shape index (κ3) is 4.69. The van der Waals surface area contributed by atoms with E-state index in [1.54, 1.807) is 43.8 Å². The van der Waals surface area contributed by atoms with E-state index in [1.807, 2.05) is 37.3 Å².